The summed E-state index contributed by atoms with van der Waals surface area (Å²) < 4.78 is 32.9. The summed E-state index contributed by atoms with van der Waals surface area (Å²) in [6.07, 6.45) is 2.38. The van der Waals surface area contributed by atoms with Crippen molar-refractivity contribution in [3.8, 4) is 0 Å². The number of aromatic nitrogens is 2. The lowest BCUT2D eigenvalue weighted by Gasteiger charge is -2.12. The van der Waals surface area contributed by atoms with Crippen LogP contribution in [0.2, 0.25) is 0 Å². The Morgan fingerprint density at radius 1 is 1.60 bits per heavy atom. The van der Waals surface area contributed by atoms with E-state index in [1.165, 1.54) is 17.1 Å². The highest BCUT2D eigenvalue weighted by molar-refractivity contribution is 7.89. The van der Waals surface area contributed by atoms with Crippen LogP contribution < -0.4 is 4.72 Å². The van der Waals surface area contributed by atoms with Crippen LogP contribution >= 0.6 is 0 Å². The smallest absolute Gasteiger partial charge is 0.305 e. The molecule has 2 N–H and O–H groups in total. The van der Waals surface area contributed by atoms with Gasteiger partial charge in [-0.05, 0) is 13.8 Å². The Bertz CT molecular complexity index is 540. The molecule has 1 aromatic rings. The van der Waals surface area contributed by atoms with Crippen molar-refractivity contribution in [3.05, 3.63) is 12.4 Å². The van der Waals surface area contributed by atoms with Crippen LogP contribution in [0.4, 0.5) is 0 Å². The van der Waals surface area contributed by atoms with Gasteiger partial charge in [0.25, 0.3) is 0 Å². The lowest BCUT2D eigenvalue weighted by molar-refractivity contribution is -0.137. The van der Waals surface area contributed by atoms with E-state index in [0.717, 1.165) is 0 Å². The molecule has 0 bridgehead atoms. The first-order chi connectivity index (χ1) is 9.35. The number of hydrogen-bond donors (Lipinski definition) is 2. The highest BCUT2D eigenvalue weighted by Crippen LogP contribution is 2.08. The number of carbonyl (C=O) groups is 1. The third kappa shape index (κ3) is 5.27. The van der Waals surface area contributed by atoms with E-state index in [1.54, 1.807) is 6.92 Å². The van der Waals surface area contributed by atoms with Crippen molar-refractivity contribution >= 4 is 16.0 Å². The fourth-order valence-electron chi connectivity index (χ4n) is 1.48. The topological polar surface area (TPSA) is 111 Å². The van der Waals surface area contributed by atoms with Crippen molar-refractivity contribution in [2.45, 2.75) is 37.8 Å². The number of carboxylic acids is 1. The molecule has 8 nitrogen and oxygen atoms in total. The Hall–Kier alpha value is -1.45. The fraction of sp³-hybridized carbons (Fsp3) is 0.636. The quantitative estimate of drug-likeness (QED) is 0.667. The number of aliphatic carboxylic acids is 1. The first-order valence-corrected chi connectivity index (χ1v) is 7.67. The zero-order valence-electron chi connectivity index (χ0n) is 11.4. The third-order valence-electron chi connectivity index (χ3n) is 2.40. The van der Waals surface area contributed by atoms with E-state index in [1.807, 2.05) is 6.92 Å². The van der Waals surface area contributed by atoms with Gasteiger partial charge in [0.15, 0.2) is 0 Å². The number of nitrogens with one attached hydrogen (secondary N) is 1. The van der Waals surface area contributed by atoms with Gasteiger partial charge in [-0.1, -0.05) is 0 Å². The molecule has 9 heteroatoms. The first-order valence-electron chi connectivity index (χ1n) is 6.19. The van der Waals surface area contributed by atoms with Gasteiger partial charge in [0.05, 0.1) is 25.8 Å². The van der Waals surface area contributed by atoms with Gasteiger partial charge in [0.2, 0.25) is 10.0 Å². The summed E-state index contributed by atoms with van der Waals surface area (Å²) >= 11 is 0. The summed E-state index contributed by atoms with van der Waals surface area (Å²) in [5, 5.41) is 12.4. The summed E-state index contributed by atoms with van der Waals surface area (Å²) in [5.41, 5.74) is 0. The summed E-state index contributed by atoms with van der Waals surface area (Å²) in [6.45, 7) is 4.44. The Morgan fingerprint density at radius 2 is 2.30 bits per heavy atom. The second-order valence-corrected chi connectivity index (χ2v) is 5.98. The molecule has 0 aliphatic rings. The molecule has 1 heterocycles. The molecule has 1 unspecified atom stereocenters. The normalized spacial score (nSPS) is 13.3. The SMILES string of the molecule is CCOCC(C)NS(=O)(=O)c1cnn(CCC(=O)O)c1. The lowest BCUT2D eigenvalue weighted by Crippen LogP contribution is -2.35. The number of ether oxygens (including phenoxy) is 1. The van der Waals surface area contributed by atoms with Crippen molar-refractivity contribution in [1.82, 2.24) is 14.5 Å². The van der Waals surface area contributed by atoms with E-state index in [0.29, 0.717) is 6.61 Å². The Labute approximate surface area is 117 Å². The van der Waals surface area contributed by atoms with Crippen molar-refractivity contribution in [3.63, 3.8) is 0 Å². The minimum atomic E-state index is -3.67. The molecule has 0 radical (unpaired) electrons. The van der Waals surface area contributed by atoms with E-state index < -0.39 is 16.0 Å². The predicted octanol–water partition coefficient (Wildman–Crippen LogP) is 0.0611. The molecule has 0 fully saturated rings. The van der Waals surface area contributed by atoms with E-state index in [2.05, 4.69) is 9.82 Å². The van der Waals surface area contributed by atoms with E-state index in [4.69, 9.17) is 9.84 Å². The number of carboxylic acid groups (broad SMARTS) is 1. The summed E-state index contributed by atoms with van der Waals surface area (Å²) in [4.78, 5) is 10.4. The minimum Gasteiger partial charge on any atom is -0.481 e. The van der Waals surface area contributed by atoms with Crippen LogP contribution in [0.3, 0.4) is 0 Å². The summed E-state index contributed by atoms with van der Waals surface area (Å²) in [7, 11) is -3.67. The van der Waals surface area contributed by atoms with Gasteiger partial charge < -0.3 is 9.84 Å². The van der Waals surface area contributed by atoms with Gasteiger partial charge in [0, 0.05) is 18.8 Å². The molecule has 114 valence electrons. The predicted molar refractivity (Wildman–Crippen MR) is 70.8 cm³/mol. The molecule has 0 aliphatic carbocycles. The molecular formula is C11H19N3O5S. The number of aryl methyl sites for hydroxylation is 1. The van der Waals surface area contributed by atoms with Gasteiger partial charge in [-0.25, -0.2) is 13.1 Å². The molecule has 0 aliphatic heterocycles. The van der Waals surface area contributed by atoms with E-state index in [9.17, 15) is 13.2 Å². The van der Waals surface area contributed by atoms with Crippen LogP contribution in [0.15, 0.2) is 17.3 Å². The molecule has 1 rings (SSSR count). The maximum atomic E-state index is 12.0. The van der Waals surface area contributed by atoms with E-state index in [-0.39, 0.29) is 30.5 Å². The molecule has 0 saturated heterocycles. The van der Waals surface area contributed by atoms with Crippen LogP contribution in [0.25, 0.3) is 0 Å². The zero-order valence-corrected chi connectivity index (χ0v) is 12.3. The Balaban J connectivity index is 2.65. The first kappa shape index (κ1) is 16.6. The van der Waals surface area contributed by atoms with E-state index >= 15 is 0 Å². The van der Waals surface area contributed by atoms with Crippen LogP contribution in [0.1, 0.15) is 20.3 Å². The largest absolute Gasteiger partial charge is 0.481 e. The summed E-state index contributed by atoms with van der Waals surface area (Å²) in [6, 6.07) is -0.359. The highest BCUT2D eigenvalue weighted by atomic mass is 32.2. The number of hydrogen-bond acceptors (Lipinski definition) is 5. The van der Waals surface area contributed by atoms with Crippen LogP contribution in [-0.2, 0) is 26.1 Å². The van der Waals surface area contributed by atoms with Crippen LogP contribution in [0.5, 0.6) is 0 Å². The molecule has 1 atom stereocenters. The number of nitrogens with zero attached hydrogens (tertiary/aromatic N) is 2. The second-order valence-electron chi connectivity index (χ2n) is 4.26. The molecule has 0 aromatic carbocycles. The van der Waals surface area contributed by atoms with Crippen molar-refractivity contribution in [1.29, 1.82) is 0 Å². The Kier molecular flexibility index (Phi) is 6.11. The Morgan fingerprint density at radius 3 is 2.90 bits per heavy atom. The van der Waals surface area contributed by atoms with Gasteiger partial charge in [-0.2, -0.15) is 5.10 Å². The molecule has 0 saturated carbocycles. The maximum Gasteiger partial charge on any atom is 0.305 e. The summed E-state index contributed by atoms with van der Waals surface area (Å²) in [5.74, 6) is -0.964. The monoisotopic (exact) mass is 305 g/mol. The number of rotatable bonds is 9. The number of sulfonamides is 1. The van der Waals surface area contributed by atoms with Gasteiger partial charge in [0.1, 0.15) is 4.90 Å². The molecule has 0 spiro atoms. The average Bonchev–Trinajstić information content (AvgIpc) is 2.83. The molecule has 0 amide bonds. The van der Waals surface area contributed by atoms with Gasteiger partial charge in [-0.3, -0.25) is 9.48 Å². The second kappa shape index (κ2) is 7.36. The minimum absolute atomic E-state index is 0.00578. The van der Waals surface area contributed by atoms with Crippen molar-refractivity contribution in [2.75, 3.05) is 13.2 Å². The zero-order chi connectivity index (χ0) is 15.2. The van der Waals surface area contributed by atoms with Crippen molar-refractivity contribution in [2.24, 2.45) is 0 Å². The van der Waals surface area contributed by atoms with Gasteiger partial charge >= 0.3 is 5.97 Å². The highest BCUT2D eigenvalue weighted by Gasteiger charge is 2.19. The molecule has 1 aromatic heterocycles. The van der Waals surface area contributed by atoms with Gasteiger partial charge in [-0.15, -0.1) is 0 Å². The van der Waals surface area contributed by atoms with Crippen LogP contribution in [-0.4, -0.2) is 48.5 Å². The maximum absolute atomic E-state index is 12.0. The third-order valence-corrected chi connectivity index (χ3v) is 3.95. The standard InChI is InChI=1S/C11H19N3O5S/c1-3-19-8-9(2)13-20(17,18)10-6-12-14(7-10)5-4-11(15)16/h6-7,9,13H,3-5,8H2,1-2H3,(H,15,16). The average molecular weight is 305 g/mol. The fourth-order valence-corrected chi connectivity index (χ4v) is 2.66. The van der Waals surface area contributed by atoms with Crippen molar-refractivity contribution < 1.29 is 23.1 Å². The van der Waals surface area contributed by atoms with Crippen LogP contribution in [0, 0.1) is 0 Å². The molecule has 20 heavy (non-hydrogen) atoms. The lowest BCUT2D eigenvalue weighted by atomic mass is 10.4. The molecular weight excluding hydrogens is 286 g/mol.